The van der Waals surface area contributed by atoms with Crippen molar-refractivity contribution in [3.05, 3.63) is 34.4 Å². The topological polar surface area (TPSA) is 97.8 Å². The van der Waals surface area contributed by atoms with E-state index in [9.17, 15) is 10.1 Å². The molecular weight excluding hydrogens is 383 g/mol. The van der Waals surface area contributed by atoms with Crippen LogP contribution in [0.15, 0.2) is 33.9 Å². The monoisotopic (exact) mass is 388 g/mol. The van der Waals surface area contributed by atoms with E-state index in [4.69, 9.17) is 4.52 Å². The maximum atomic E-state index is 10.8. The molecule has 1 aromatic carbocycles. The summed E-state index contributed by atoms with van der Waals surface area (Å²) >= 11 is 2.08. The molecular formula is C10H5IN4O3S. The smallest absolute Gasteiger partial charge is 0.270 e. The number of nitro groups is 1. The number of hydrogen-bond donors (Lipinski definition) is 1. The number of rotatable bonds is 3. The highest BCUT2D eigenvalue weighted by molar-refractivity contribution is 14.2. The van der Waals surface area contributed by atoms with E-state index in [2.05, 4.69) is 36.6 Å². The quantitative estimate of drug-likeness (QED) is 0.419. The molecule has 19 heavy (non-hydrogen) atoms. The van der Waals surface area contributed by atoms with Crippen molar-refractivity contribution in [2.75, 3.05) is 0 Å². The van der Waals surface area contributed by atoms with Gasteiger partial charge in [0.05, 0.1) is 10.4 Å². The van der Waals surface area contributed by atoms with Gasteiger partial charge in [-0.25, -0.2) is 0 Å². The first-order valence-electron chi connectivity index (χ1n) is 5.07. The molecule has 0 aliphatic carbocycles. The zero-order valence-electron chi connectivity index (χ0n) is 9.16. The molecule has 3 aromatic rings. The van der Waals surface area contributed by atoms with Crippen molar-refractivity contribution in [2.45, 2.75) is 5.09 Å². The standard InChI is InChI=1S/C10H5IN4O3S/c11-19-9-4-8(14-18-9)10-6-3-5(15(16)17)1-2-7(6)12-13-10/h1-4H,(H,12,13). The molecule has 3 rings (SSSR count). The van der Waals surface area contributed by atoms with Crippen molar-refractivity contribution in [2.24, 2.45) is 0 Å². The summed E-state index contributed by atoms with van der Waals surface area (Å²) in [6.45, 7) is 0. The molecule has 0 radical (unpaired) electrons. The highest BCUT2D eigenvalue weighted by atomic mass is 127. The molecule has 1 N–H and O–H groups in total. The van der Waals surface area contributed by atoms with Gasteiger partial charge in [-0.3, -0.25) is 15.2 Å². The van der Waals surface area contributed by atoms with Crippen molar-refractivity contribution < 1.29 is 9.45 Å². The van der Waals surface area contributed by atoms with Crippen molar-refractivity contribution in [3.63, 3.8) is 0 Å². The summed E-state index contributed by atoms with van der Waals surface area (Å²) in [5, 5.41) is 22.9. The lowest BCUT2D eigenvalue weighted by Crippen LogP contribution is -1.87. The van der Waals surface area contributed by atoms with Crippen LogP contribution < -0.4 is 0 Å². The first kappa shape index (κ1) is 12.4. The Bertz CT molecular complexity index is 769. The predicted octanol–water partition coefficient (Wildman–Crippen LogP) is 3.57. The minimum Gasteiger partial charge on any atom is -0.348 e. The van der Waals surface area contributed by atoms with Crippen LogP contribution in [0.5, 0.6) is 0 Å². The van der Waals surface area contributed by atoms with E-state index in [0.717, 1.165) is 0 Å². The fourth-order valence-corrected chi connectivity index (χ4v) is 2.56. The highest BCUT2D eigenvalue weighted by Crippen LogP contribution is 2.32. The van der Waals surface area contributed by atoms with Crippen LogP contribution in [0.25, 0.3) is 22.3 Å². The van der Waals surface area contributed by atoms with Crippen LogP contribution in [0, 0.1) is 10.1 Å². The third-order valence-corrected chi connectivity index (χ3v) is 4.21. The molecule has 0 aliphatic rings. The fraction of sp³-hybridized carbons (Fsp3) is 0. The van der Waals surface area contributed by atoms with E-state index in [1.165, 1.54) is 21.1 Å². The number of fused-ring (bicyclic) bond motifs is 1. The second-order valence-electron chi connectivity index (χ2n) is 3.67. The molecule has 0 fully saturated rings. The molecule has 2 aromatic heterocycles. The van der Waals surface area contributed by atoms with E-state index in [1.54, 1.807) is 12.1 Å². The summed E-state index contributed by atoms with van der Waals surface area (Å²) in [7, 11) is 1.39. The van der Waals surface area contributed by atoms with Crippen molar-refractivity contribution in [1.29, 1.82) is 0 Å². The summed E-state index contributed by atoms with van der Waals surface area (Å²) < 4.78 is 5.08. The van der Waals surface area contributed by atoms with Crippen molar-refractivity contribution in [1.82, 2.24) is 15.4 Å². The van der Waals surface area contributed by atoms with Crippen LogP contribution in [0.3, 0.4) is 0 Å². The lowest BCUT2D eigenvalue weighted by atomic mass is 10.1. The predicted molar refractivity (Wildman–Crippen MR) is 78.1 cm³/mol. The molecule has 2 heterocycles. The number of aromatic amines is 1. The molecule has 0 aliphatic heterocycles. The van der Waals surface area contributed by atoms with Gasteiger partial charge in [0.1, 0.15) is 11.4 Å². The molecule has 0 saturated carbocycles. The van der Waals surface area contributed by atoms with Crippen LogP contribution in [-0.4, -0.2) is 20.3 Å². The first-order valence-corrected chi connectivity index (χ1v) is 8.43. The number of hydrogen-bond acceptors (Lipinski definition) is 6. The molecule has 0 saturated heterocycles. The minimum atomic E-state index is -0.439. The zero-order chi connectivity index (χ0) is 13.4. The lowest BCUT2D eigenvalue weighted by Gasteiger charge is -1.92. The maximum Gasteiger partial charge on any atom is 0.270 e. The van der Waals surface area contributed by atoms with Crippen LogP contribution in [0.4, 0.5) is 5.69 Å². The Morgan fingerprint density at radius 2 is 2.26 bits per heavy atom. The Balaban J connectivity index is 2.17. The summed E-state index contributed by atoms with van der Waals surface area (Å²) in [5.74, 6) is 0. The van der Waals surface area contributed by atoms with E-state index < -0.39 is 4.92 Å². The Morgan fingerprint density at radius 1 is 1.42 bits per heavy atom. The molecule has 0 atom stereocenters. The number of H-pyrrole nitrogens is 1. The highest BCUT2D eigenvalue weighted by Gasteiger charge is 2.16. The Labute approximate surface area is 122 Å². The first-order chi connectivity index (χ1) is 9.19. The van der Waals surface area contributed by atoms with Gasteiger partial charge in [-0.1, -0.05) is 5.16 Å². The average Bonchev–Trinajstić information content (AvgIpc) is 3.03. The second kappa shape index (κ2) is 4.81. The molecule has 0 amide bonds. The van der Waals surface area contributed by atoms with E-state index in [0.29, 0.717) is 27.4 Å². The normalized spacial score (nSPS) is 11.0. The Morgan fingerprint density at radius 3 is 2.95 bits per heavy atom. The van der Waals surface area contributed by atoms with Gasteiger partial charge in [0.25, 0.3) is 5.69 Å². The third-order valence-electron chi connectivity index (χ3n) is 2.56. The molecule has 96 valence electrons. The lowest BCUT2D eigenvalue weighted by molar-refractivity contribution is -0.384. The molecule has 0 spiro atoms. The van der Waals surface area contributed by atoms with E-state index >= 15 is 0 Å². The van der Waals surface area contributed by atoms with Gasteiger partial charge in [-0.15, -0.1) is 0 Å². The molecule has 7 nitrogen and oxygen atoms in total. The number of nitro benzene ring substituents is 1. The van der Waals surface area contributed by atoms with Gasteiger partial charge in [-0.05, 0) is 15.0 Å². The fourth-order valence-electron chi connectivity index (χ4n) is 1.72. The number of halogens is 1. The van der Waals surface area contributed by atoms with Crippen LogP contribution in [0.2, 0.25) is 0 Å². The van der Waals surface area contributed by atoms with Gasteiger partial charge >= 0.3 is 0 Å². The molecule has 9 heteroatoms. The summed E-state index contributed by atoms with van der Waals surface area (Å²) in [6.07, 6.45) is 0. The van der Waals surface area contributed by atoms with Crippen LogP contribution >= 0.6 is 30.1 Å². The van der Waals surface area contributed by atoms with E-state index in [-0.39, 0.29) is 5.69 Å². The van der Waals surface area contributed by atoms with E-state index in [1.807, 2.05) is 0 Å². The molecule has 0 bridgehead atoms. The third kappa shape index (κ3) is 2.18. The Kier molecular flexibility index (Phi) is 3.14. The number of benzene rings is 1. The van der Waals surface area contributed by atoms with Gasteiger partial charge in [0.2, 0.25) is 5.09 Å². The van der Waals surface area contributed by atoms with Crippen molar-refractivity contribution in [3.8, 4) is 11.4 Å². The summed E-state index contributed by atoms with van der Waals surface area (Å²) in [6, 6.07) is 6.27. The second-order valence-corrected chi connectivity index (χ2v) is 5.55. The number of non-ortho nitro benzene ring substituents is 1. The van der Waals surface area contributed by atoms with Gasteiger partial charge in [-0.2, -0.15) is 5.10 Å². The molecule has 0 unspecified atom stereocenters. The summed E-state index contributed by atoms with van der Waals surface area (Å²) in [4.78, 5) is 10.4. The minimum absolute atomic E-state index is 0.0159. The van der Waals surface area contributed by atoms with Crippen molar-refractivity contribution >= 4 is 46.7 Å². The number of nitrogens with zero attached hydrogens (tertiary/aromatic N) is 3. The Hall–Kier alpha value is -1.62. The SMILES string of the molecule is O=[N+]([O-])c1ccc2[nH]nc(-c3cc(SI)on3)c2c1. The van der Waals surface area contributed by atoms with Crippen LogP contribution in [-0.2, 0) is 0 Å². The largest absolute Gasteiger partial charge is 0.348 e. The summed E-state index contributed by atoms with van der Waals surface area (Å²) in [5.41, 5.74) is 1.82. The number of nitrogens with one attached hydrogen (secondary N) is 1. The van der Waals surface area contributed by atoms with Gasteiger partial charge in [0, 0.05) is 44.8 Å². The maximum absolute atomic E-state index is 10.8. The average molecular weight is 388 g/mol. The zero-order valence-corrected chi connectivity index (χ0v) is 12.1. The van der Waals surface area contributed by atoms with Gasteiger partial charge < -0.3 is 4.52 Å². The van der Waals surface area contributed by atoms with Gasteiger partial charge in [0.15, 0.2) is 0 Å². The van der Waals surface area contributed by atoms with Crippen LogP contribution in [0.1, 0.15) is 0 Å². The number of aromatic nitrogens is 3.